The van der Waals surface area contributed by atoms with Crippen LogP contribution in [-0.4, -0.2) is 48.9 Å². The molecule has 0 radical (unpaired) electrons. The fraction of sp³-hybridized carbons (Fsp3) is 0.720. The highest BCUT2D eigenvalue weighted by Crippen LogP contribution is 2.27. The predicted molar refractivity (Wildman–Crippen MR) is 127 cm³/mol. The van der Waals surface area contributed by atoms with Gasteiger partial charge < -0.3 is 19.3 Å². The Morgan fingerprint density at radius 1 is 1.06 bits per heavy atom. The first-order chi connectivity index (χ1) is 14.7. The van der Waals surface area contributed by atoms with Crippen LogP contribution in [0.25, 0.3) is 0 Å². The van der Waals surface area contributed by atoms with Gasteiger partial charge in [-0.2, -0.15) is 0 Å². The number of hydrogen-bond acceptors (Lipinski definition) is 4. The van der Waals surface area contributed by atoms with Crippen molar-refractivity contribution in [3.05, 3.63) is 24.0 Å². The molecule has 31 heavy (non-hydrogen) atoms. The molecule has 0 saturated carbocycles. The SMILES string of the molecule is CC.CCCCC(CCC)Oc1ccc(N2CCN(C(=O)OC(C)(C)C)CC2)c(F)c1. The highest BCUT2D eigenvalue weighted by molar-refractivity contribution is 5.68. The Labute approximate surface area is 188 Å². The molecule has 0 aromatic heterocycles. The van der Waals surface area contributed by atoms with Crippen LogP contribution in [0.1, 0.15) is 80.6 Å². The second-order valence-corrected chi connectivity index (χ2v) is 8.74. The number of carbonyl (C=O) groups is 1. The molecule has 1 fully saturated rings. The lowest BCUT2D eigenvalue weighted by Gasteiger charge is -2.36. The van der Waals surface area contributed by atoms with E-state index in [9.17, 15) is 9.18 Å². The summed E-state index contributed by atoms with van der Waals surface area (Å²) >= 11 is 0. The Balaban J connectivity index is 0.00000233. The number of hydrogen-bond donors (Lipinski definition) is 0. The number of nitrogens with zero attached hydrogens (tertiary/aromatic N) is 2. The molecule has 1 aliphatic heterocycles. The summed E-state index contributed by atoms with van der Waals surface area (Å²) in [6, 6.07) is 5.13. The molecule has 0 N–H and O–H groups in total. The van der Waals surface area contributed by atoms with E-state index in [0.717, 1.165) is 32.1 Å². The Kier molecular flexibility index (Phi) is 11.7. The summed E-state index contributed by atoms with van der Waals surface area (Å²) < 4.78 is 26.2. The molecule has 1 aliphatic rings. The maximum Gasteiger partial charge on any atom is 0.410 e. The van der Waals surface area contributed by atoms with Crippen molar-refractivity contribution in [2.45, 2.75) is 92.3 Å². The number of amides is 1. The van der Waals surface area contributed by atoms with E-state index in [1.54, 1.807) is 11.0 Å². The molecule has 6 heteroatoms. The molecular formula is C25H43FN2O3. The van der Waals surface area contributed by atoms with E-state index in [2.05, 4.69) is 13.8 Å². The molecule has 1 amide bonds. The summed E-state index contributed by atoms with van der Waals surface area (Å²) in [4.78, 5) is 15.8. The van der Waals surface area contributed by atoms with E-state index < -0.39 is 5.60 Å². The van der Waals surface area contributed by atoms with Crippen LogP contribution >= 0.6 is 0 Å². The largest absolute Gasteiger partial charge is 0.490 e. The van der Waals surface area contributed by atoms with E-state index in [4.69, 9.17) is 9.47 Å². The Morgan fingerprint density at radius 2 is 1.71 bits per heavy atom. The number of rotatable bonds is 8. The number of ether oxygens (including phenoxy) is 2. The zero-order valence-electron chi connectivity index (χ0n) is 20.7. The summed E-state index contributed by atoms with van der Waals surface area (Å²) in [5.41, 5.74) is 0.0462. The minimum Gasteiger partial charge on any atom is -0.490 e. The van der Waals surface area contributed by atoms with Gasteiger partial charge in [-0.15, -0.1) is 0 Å². The van der Waals surface area contributed by atoms with Crippen LogP contribution in [0.3, 0.4) is 0 Å². The highest BCUT2D eigenvalue weighted by atomic mass is 19.1. The fourth-order valence-electron chi connectivity index (χ4n) is 3.48. The van der Waals surface area contributed by atoms with Gasteiger partial charge in [-0.3, -0.25) is 0 Å². The summed E-state index contributed by atoms with van der Waals surface area (Å²) in [7, 11) is 0. The number of benzene rings is 1. The van der Waals surface area contributed by atoms with Crippen LogP contribution in [0.2, 0.25) is 0 Å². The van der Waals surface area contributed by atoms with Crippen molar-refractivity contribution in [2.24, 2.45) is 0 Å². The van der Waals surface area contributed by atoms with Gasteiger partial charge in [0.1, 0.15) is 17.2 Å². The van der Waals surface area contributed by atoms with Crippen LogP contribution in [0.4, 0.5) is 14.9 Å². The van der Waals surface area contributed by atoms with Crippen molar-refractivity contribution in [3.8, 4) is 5.75 Å². The molecule has 1 atom stereocenters. The van der Waals surface area contributed by atoms with Crippen LogP contribution in [0.5, 0.6) is 5.75 Å². The van der Waals surface area contributed by atoms with E-state index in [-0.39, 0.29) is 18.0 Å². The van der Waals surface area contributed by atoms with E-state index in [0.29, 0.717) is 37.6 Å². The van der Waals surface area contributed by atoms with Crippen molar-refractivity contribution < 1.29 is 18.7 Å². The molecule has 5 nitrogen and oxygen atoms in total. The molecule has 0 bridgehead atoms. The number of piperazine rings is 1. The smallest absolute Gasteiger partial charge is 0.410 e. The molecule has 1 heterocycles. The zero-order chi connectivity index (χ0) is 23.4. The molecule has 0 spiro atoms. The van der Waals surface area contributed by atoms with E-state index in [1.807, 2.05) is 45.6 Å². The van der Waals surface area contributed by atoms with Gasteiger partial charge in [0.2, 0.25) is 0 Å². The van der Waals surface area contributed by atoms with Gasteiger partial charge in [0.15, 0.2) is 0 Å². The molecule has 178 valence electrons. The summed E-state index contributed by atoms with van der Waals surface area (Å²) in [5.74, 6) is 0.312. The number of anilines is 1. The lowest BCUT2D eigenvalue weighted by atomic mass is 10.1. The monoisotopic (exact) mass is 438 g/mol. The average molecular weight is 439 g/mol. The lowest BCUT2D eigenvalue weighted by Crippen LogP contribution is -2.50. The van der Waals surface area contributed by atoms with Gasteiger partial charge >= 0.3 is 6.09 Å². The summed E-state index contributed by atoms with van der Waals surface area (Å²) in [5, 5.41) is 0. The normalized spacial score (nSPS) is 15.1. The van der Waals surface area contributed by atoms with Crippen LogP contribution in [0, 0.1) is 5.82 Å². The molecular weight excluding hydrogens is 395 g/mol. The van der Waals surface area contributed by atoms with Gasteiger partial charge in [-0.25, -0.2) is 9.18 Å². The van der Waals surface area contributed by atoms with Crippen molar-refractivity contribution in [1.82, 2.24) is 4.90 Å². The van der Waals surface area contributed by atoms with Crippen LogP contribution < -0.4 is 9.64 Å². The zero-order valence-corrected chi connectivity index (χ0v) is 20.7. The van der Waals surface area contributed by atoms with Crippen molar-refractivity contribution in [3.63, 3.8) is 0 Å². The number of carbonyl (C=O) groups excluding carboxylic acids is 1. The maximum absolute atomic E-state index is 14.8. The highest BCUT2D eigenvalue weighted by Gasteiger charge is 2.27. The second kappa shape index (κ2) is 13.4. The average Bonchev–Trinajstić information content (AvgIpc) is 2.73. The van der Waals surface area contributed by atoms with E-state index >= 15 is 0 Å². The third-order valence-electron chi connectivity index (χ3n) is 4.98. The Morgan fingerprint density at radius 3 is 2.23 bits per heavy atom. The first-order valence-corrected chi connectivity index (χ1v) is 11.9. The summed E-state index contributed by atoms with van der Waals surface area (Å²) in [6.07, 6.45) is 5.12. The predicted octanol–water partition coefficient (Wildman–Crippen LogP) is 6.65. The molecule has 2 rings (SSSR count). The van der Waals surface area contributed by atoms with Gasteiger partial charge in [-0.1, -0.05) is 47.0 Å². The fourth-order valence-corrected chi connectivity index (χ4v) is 3.48. The standard InChI is InChI=1S/C23H37FN2O3.C2H6/c1-6-8-10-18(9-7-2)28-19-11-12-21(20(24)17-19)25-13-15-26(16-14-25)22(27)29-23(3,4)5;1-2/h11-12,17-18H,6-10,13-16H2,1-5H3;1-2H3. The maximum atomic E-state index is 14.8. The van der Waals surface area contributed by atoms with Crippen LogP contribution in [0.15, 0.2) is 18.2 Å². The van der Waals surface area contributed by atoms with Crippen LogP contribution in [-0.2, 0) is 4.74 Å². The Bertz CT molecular complexity index is 653. The first kappa shape index (κ1) is 27.1. The molecule has 1 aromatic carbocycles. The minimum atomic E-state index is -0.511. The van der Waals surface area contributed by atoms with Gasteiger partial charge in [-0.05, 0) is 45.7 Å². The third-order valence-corrected chi connectivity index (χ3v) is 4.98. The van der Waals surface area contributed by atoms with Crippen molar-refractivity contribution >= 4 is 11.8 Å². The number of unbranched alkanes of at least 4 members (excludes halogenated alkanes) is 1. The topological polar surface area (TPSA) is 42.0 Å². The summed E-state index contributed by atoms with van der Waals surface area (Å²) in [6.45, 7) is 16.1. The van der Waals surface area contributed by atoms with Gasteiger partial charge in [0.05, 0.1) is 11.8 Å². The van der Waals surface area contributed by atoms with E-state index in [1.165, 1.54) is 6.07 Å². The van der Waals surface area contributed by atoms with Crippen molar-refractivity contribution in [2.75, 3.05) is 31.1 Å². The Hall–Kier alpha value is -1.98. The van der Waals surface area contributed by atoms with Crippen molar-refractivity contribution in [1.29, 1.82) is 0 Å². The minimum absolute atomic E-state index is 0.141. The second-order valence-electron chi connectivity index (χ2n) is 8.74. The third kappa shape index (κ3) is 9.36. The number of halogens is 1. The quantitative estimate of drug-likeness (QED) is 0.456. The van der Waals surface area contributed by atoms with Gasteiger partial charge in [0, 0.05) is 32.2 Å². The lowest BCUT2D eigenvalue weighted by molar-refractivity contribution is 0.0240. The molecule has 1 saturated heterocycles. The molecule has 1 unspecified atom stereocenters. The molecule has 0 aliphatic carbocycles. The molecule has 1 aromatic rings. The van der Waals surface area contributed by atoms with Gasteiger partial charge in [0.25, 0.3) is 0 Å². The first-order valence-electron chi connectivity index (χ1n) is 11.9.